The van der Waals surface area contributed by atoms with Gasteiger partial charge in [0, 0.05) is 11.9 Å². The molecule has 0 fully saturated rings. The predicted molar refractivity (Wildman–Crippen MR) is 73.9 cm³/mol. The first-order valence-corrected chi connectivity index (χ1v) is 6.63. The van der Waals surface area contributed by atoms with E-state index in [2.05, 4.69) is 15.4 Å². The molecule has 2 rings (SSSR count). The van der Waals surface area contributed by atoms with Crippen LogP contribution in [0.3, 0.4) is 0 Å². The molecular formula is C11H15F2N5S. The van der Waals surface area contributed by atoms with E-state index in [0.29, 0.717) is 5.82 Å². The summed E-state index contributed by atoms with van der Waals surface area (Å²) in [6, 6.07) is 1.94. The highest BCUT2D eigenvalue weighted by atomic mass is 32.1. The topological polar surface area (TPSA) is 67.1 Å². The number of nitrogens with one attached hydrogen (secondary N) is 1. The number of nitrogens with two attached hydrogens (primary N) is 1. The first-order chi connectivity index (χ1) is 9.05. The van der Waals surface area contributed by atoms with Gasteiger partial charge < -0.3 is 4.90 Å². The summed E-state index contributed by atoms with van der Waals surface area (Å²) in [4.78, 5) is 11.7. The van der Waals surface area contributed by atoms with Crippen LogP contribution in [0, 0.1) is 0 Å². The van der Waals surface area contributed by atoms with E-state index in [1.807, 2.05) is 13.0 Å². The zero-order chi connectivity index (χ0) is 14.0. The molecule has 0 saturated carbocycles. The first-order valence-electron chi connectivity index (χ1n) is 5.81. The van der Waals surface area contributed by atoms with Gasteiger partial charge >= 0.3 is 0 Å². The zero-order valence-electron chi connectivity index (χ0n) is 10.7. The molecular weight excluding hydrogens is 272 g/mol. The fourth-order valence-corrected chi connectivity index (χ4v) is 2.74. The van der Waals surface area contributed by atoms with E-state index in [-0.39, 0.29) is 12.5 Å². The SMILES string of the molecule is CCc1cc2c(N(C)CC(F)F)nc(NN)nc2s1. The van der Waals surface area contributed by atoms with Gasteiger partial charge in [-0.15, -0.1) is 11.3 Å². The number of fused-ring (bicyclic) bond motifs is 1. The number of thiophene rings is 1. The summed E-state index contributed by atoms with van der Waals surface area (Å²) < 4.78 is 25.0. The van der Waals surface area contributed by atoms with E-state index in [1.54, 1.807) is 7.05 Å². The van der Waals surface area contributed by atoms with Crippen molar-refractivity contribution in [1.29, 1.82) is 0 Å². The Balaban J connectivity index is 2.52. The number of hydrogen-bond donors (Lipinski definition) is 2. The highest BCUT2D eigenvalue weighted by Crippen LogP contribution is 2.31. The molecule has 0 atom stereocenters. The molecule has 19 heavy (non-hydrogen) atoms. The Morgan fingerprint density at radius 1 is 1.47 bits per heavy atom. The van der Waals surface area contributed by atoms with Gasteiger partial charge in [-0.1, -0.05) is 6.92 Å². The van der Waals surface area contributed by atoms with Crippen LogP contribution in [0.4, 0.5) is 20.5 Å². The Bertz CT molecular complexity index is 571. The lowest BCUT2D eigenvalue weighted by molar-refractivity contribution is 0.156. The number of nitrogen functional groups attached to an aromatic ring is 1. The Kier molecular flexibility index (Phi) is 4.11. The number of aryl methyl sites for hydroxylation is 1. The minimum Gasteiger partial charge on any atom is -0.353 e. The minimum absolute atomic E-state index is 0.230. The van der Waals surface area contributed by atoms with E-state index in [4.69, 9.17) is 5.84 Å². The Morgan fingerprint density at radius 2 is 2.21 bits per heavy atom. The van der Waals surface area contributed by atoms with Crippen LogP contribution in [0.15, 0.2) is 6.07 Å². The fourth-order valence-electron chi connectivity index (χ4n) is 1.78. The molecule has 0 bridgehead atoms. The molecule has 0 spiro atoms. The van der Waals surface area contributed by atoms with E-state index in [0.717, 1.165) is 21.5 Å². The van der Waals surface area contributed by atoms with Gasteiger partial charge in [0.05, 0.1) is 11.9 Å². The molecule has 0 aliphatic heterocycles. The lowest BCUT2D eigenvalue weighted by Crippen LogP contribution is -2.25. The van der Waals surface area contributed by atoms with Gasteiger partial charge in [-0.2, -0.15) is 4.98 Å². The van der Waals surface area contributed by atoms with Gasteiger partial charge in [0.15, 0.2) is 0 Å². The summed E-state index contributed by atoms with van der Waals surface area (Å²) in [5.74, 6) is 6.01. The predicted octanol–water partition coefficient (Wildman–Crippen LogP) is 2.24. The summed E-state index contributed by atoms with van der Waals surface area (Å²) in [6.07, 6.45) is -1.56. The Hall–Kier alpha value is -1.54. The molecule has 104 valence electrons. The van der Waals surface area contributed by atoms with Crippen LogP contribution >= 0.6 is 11.3 Å². The lowest BCUT2D eigenvalue weighted by atomic mass is 10.3. The second-order valence-electron chi connectivity index (χ2n) is 4.07. The van der Waals surface area contributed by atoms with Crippen molar-refractivity contribution in [3.8, 4) is 0 Å². The minimum atomic E-state index is -2.42. The largest absolute Gasteiger partial charge is 0.353 e. The van der Waals surface area contributed by atoms with E-state index < -0.39 is 6.43 Å². The quantitative estimate of drug-likeness (QED) is 0.652. The second-order valence-corrected chi connectivity index (χ2v) is 5.19. The van der Waals surface area contributed by atoms with Crippen molar-refractivity contribution < 1.29 is 8.78 Å². The molecule has 0 aromatic carbocycles. The first kappa shape index (κ1) is 13.9. The third-order valence-corrected chi connectivity index (χ3v) is 3.85. The van der Waals surface area contributed by atoms with Gasteiger partial charge in [-0.3, -0.25) is 5.43 Å². The Morgan fingerprint density at radius 3 is 2.79 bits per heavy atom. The van der Waals surface area contributed by atoms with Crippen LogP contribution in [-0.4, -0.2) is 30.0 Å². The van der Waals surface area contributed by atoms with Crippen molar-refractivity contribution in [2.45, 2.75) is 19.8 Å². The van der Waals surface area contributed by atoms with Gasteiger partial charge in [0.25, 0.3) is 6.43 Å². The maximum Gasteiger partial charge on any atom is 0.255 e. The van der Waals surface area contributed by atoms with E-state index >= 15 is 0 Å². The summed E-state index contributed by atoms with van der Waals surface area (Å²) >= 11 is 1.52. The monoisotopic (exact) mass is 287 g/mol. The van der Waals surface area contributed by atoms with Gasteiger partial charge in [0.2, 0.25) is 5.95 Å². The molecule has 3 N–H and O–H groups in total. The normalized spacial score (nSPS) is 11.3. The van der Waals surface area contributed by atoms with Crippen molar-refractivity contribution >= 4 is 33.3 Å². The fraction of sp³-hybridized carbons (Fsp3) is 0.455. The van der Waals surface area contributed by atoms with Crippen LogP contribution in [-0.2, 0) is 6.42 Å². The highest BCUT2D eigenvalue weighted by Gasteiger charge is 2.16. The molecule has 0 amide bonds. The molecule has 2 aromatic rings. The molecule has 8 heteroatoms. The number of hydrogen-bond acceptors (Lipinski definition) is 6. The molecule has 0 aliphatic carbocycles. The van der Waals surface area contributed by atoms with Crippen LogP contribution in [0.2, 0.25) is 0 Å². The number of halogens is 2. The highest BCUT2D eigenvalue weighted by molar-refractivity contribution is 7.18. The number of hydrazine groups is 1. The number of alkyl halides is 2. The van der Waals surface area contributed by atoms with Gasteiger partial charge in [-0.05, 0) is 12.5 Å². The smallest absolute Gasteiger partial charge is 0.255 e. The van der Waals surface area contributed by atoms with Crippen molar-refractivity contribution in [2.75, 3.05) is 23.9 Å². The third kappa shape index (κ3) is 2.90. The number of aromatic nitrogens is 2. The number of anilines is 2. The van der Waals surface area contributed by atoms with Crippen molar-refractivity contribution in [3.05, 3.63) is 10.9 Å². The maximum absolute atomic E-state index is 12.5. The standard InChI is InChI=1S/C11H15F2N5S/c1-3-6-4-7-9(18(2)5-8(12)13)15-11(17-14)16-10(7)19-6/h4,8H,3,5,14H2,1-2H3,(H,15,16,17). The average Bonchev–Trinajstić information content (AvgIpc) is 2.79. The van der Waals surface area contributed by atoms with Gasteiger partial charge in [0.1, 0.15) is 10.6 Å². The summed E-state index contributed by atoms with van der Waals surface area (Å²) in [6.45, 7) is 1.65. The molecule has 0 unspecified atom stereocenters. The molecule has 5 nitrogen and oxygen atoms in total. The third-order valence-electron chi connectivity index (χ3n) is 2.67. The van der Waals surface area contributed by atoms with Crippen molar-refractivity contribution in [1.82, 2.24) is 9.97 Å². The van der Waals surface area contributed by atoms with Crippen LogP contribution < -0.4 is 16.2 Å². The second kappa shape index (κ2) is 5.62. The van der Waals surface area contributed by atoms with Crippen LogP contribution in [0.1, 0.15) is 11.8 Å². The number of rotatable bonds is 5. The summed E-state index contributed by atoms with van der Waals surface area (Å²) in [7, 11) is 1.58. The maximum atomic E-state index is 12.5. The molecule has 0 saturated heterocycles. The molecule has 2 heterocycles. The van der Waals surface area contributed by atoms with Crippen molar-refractivity contribution in [3.63, 3.8) is 0 Å². The van der Waals surface area contributed by atoms with E-state index in [1.165, 1.54) is 16.2 Å². The zero-order valence-corrected chi connectivity index (χ0v) is 11.5. The van der Waals surface area contributed by atoms with Crippen LogP contribution in [0.25, 0.3) is 10.2 Å². The lowest BCUT2D eigenvalue weighted by Gasteiger charge is -2.18. The Labute approximate surface area is 113 Å². The van der Waals surface area contributed by atoms with Crippen LogP contribution in [0.5, 0.6) is 0 Å². The van der Waals surface area contributed by atoms with Crippen molar-refractivity contribution in [2.24, 2.45) is 5.84 Å². The molecule has 0 radical (unpaired) electrons. The molecule has 0 aliphatic rings. The number of nitrogens with zero attached hydrogens (tertiary/aromatic N) is 3. The summed E-state index contributed by atoms with van der Waals surface area (Å²) in [5.41, 5.74) is 2.37. The molecule has 2 aromatic heterocycles. The average molecular weight is 287 g/mol. The van der Waals surface area contributed by atoms with Gasteiger partial charge in [-0.25, -0.2) is 19.6 Å². The van der Waals surface area contributed by atoms with E-state index in [9.17, 15) is 8.78 Å². The summed E-state index contributed by atoms with van der Waals surface area (Å²) in [5, 5.41) is 0.781.